The molecule has 18 heavy (non-hydrogen) atoms. The van der Waals surface area contributed by atoms with Crippen LogP contribution in [-0.4, -0.2) is 15.8 Å². The van der Waals surface area contributed by atoms with Gasteiger partial charge >= 0.3 is 0 Å². The number of H-pyrrole nitrogens is 1. The number of hydrogen-bond acceptors (Lipinski definition) is 4. The minimum absolute atomic E-state index is 0.00976. The van der Waals surface area contributed by atoms with Gasteiger partial charge in [-0.1, -0.05) is 18.7 Å². The first-order valence-corrected chi connectivity index (χ1v) is 5.75. The number of imidazole rings is 1. The molecule has 1 aromatic rings. The molecule has 0 radical (unpaired) electrons. The molecule has 5 nitrogen and oxygen atoms in total. The third kappa shape index (κ3) is 2.57. The molecule has 0 spiro atoms. The third-order valence-corrected chi connectivity index (χ3v) is 2.91. The number of aromatic amines is 1. The molecule has 1 aliphatic rings. The summed E-state index contributed by atoms with van der Waals surface area (Å²) in [7, 11) is 0. The number of rotatable bonds is 4. The van der Waals surface area contributed by atoms with Gasteiger partial charge in [-0.25, -0.2) is 10.4 Å². The zero-order valence-electron chi connectivity index (χ0n) is 10.2. The van der Waals surface area contributed by atoms with Gasteiger partial charge in [0, 0.05) is 23.9 Å². The van der Waals surface area contributed by atoms with Crippen LogP contribution in [0, 0.1) is 0 Å². The standard InChI is InChI=1S/C13H16N4O/c1-3-4-5-13(18)9(2)10-6-11(17-16-10)12-7-14-8-15-12/h3-5,7-8,11,16-17H,1,6H2,2H3,(H,14,15)/b5-4-,10-9+. The predicted octanol–water partition coefficient (Wildman–Crippen LogP) is 1.53. The number of aromatic nitrogens is 2. The lowest BCUT2D eigenvalue weighted by atomic mass is 10.1. The molecular weight excluding hydrogens is 228 g/mol. The first-order valence-electron chi connectivity index (χ1n) is 5.75. The highest BCUT2D eigenvalue weighted by Crippen LogP contribution is 2.24. The summed E-state index contributed by atoms with van der Waals surface area (Å²) in [6.45, 7) is 5.36. The maximum atomic E-state index is 11.8. The van der Waals surface area contributed by atoms with E-state index in [1.807, 2.05) is 6.92 Å². The molecule has 94 valence electrons. The second-order valence-electron chi connectivity index (χ2n) is 4.10. The molecule has 2 rings (SSSR count). The summed E-state index contributed by atoms with van der Waals surface area (Å²) >= 11 is 0. The zero-order valence-corrected chi connectivity index (χ0v) is 10.2. The molecule has 1 saturated heterocycles. The number of carbonyl (C=O) groups is 1. The van der Waals surface area contributed by atoms with Gasteiger partial charge in [0.25, 0.3) is 0 Å². The molecule has 0 aliphatic carbocycles. The van der Waals surface area contributed by atoms with Gasteiger partial charge in [0.2, 0.25) is 0 Å². The summed E-state index contributed by atoms with van der Waals surface area (Å²) < 4.78 is 0. The van der Waals surface area contributed by atoms with E-state index in [1.54, 1.807) is 24.7 Å². The monoisotopic (exact) mass is 244 g/mol. The summed E-state index contributed by atoms with van der Waals surface area (Å²) in [6, 6.07) is 0.119. The summed E-state index contributed by atoms with van der Waals surface area (Å²) in [5, 5.41) is 0. The van der Waals surface area contributed by atoms with Crippen LogP contribution in [0.15, 0.2) is 48.6 Å². The van der Waals surface area contributed by atoms with Gasteiger partial charge in [-0.15, -0.1) is 0 Å². The number of allylic oxidation sites excluding steroid dienone is 4. The molecule has 2 heterocycles. The average molecular weight is 244 g/mol. The van der Waals surface area contributed by atoms with E-state index < -0.39 is 0 Å². The van der Waals surface area contributed by atoms with Crippen molar-refractivity contribution in [1.29, 1.82) is 0 Å². The Bertz CT molecular complexity index is 499. The summed E-state index contributed by atoms with van der Waals surface area (Å²) in [5.41, 5.74) is 8.80. The van der Waals surface area contributed by atoms with Gasteiger partial charge in [0.1, 0.15) is 0 Å². The van der Waals surface area contributed by atoms with Crippen molar-refractivity contribution in [3.8, 4) is 0 Å². The Morgan fingerprint density at radius 3 is 3.11 bits per heavy atom. The average Bonchev–Trinajstić information content (AvgIpc) is 3.04. The van der Waals surface area contributed by atoms with Crippen molar-refractivity contribution in [3.63, 3.8) is 0 Å². The fourth-order valence-electron chi connectivity index (χ4n) is 1.80. The highest BCUT2D eigenvalue weighted by molar-refractivity contribution is 6.04. The third-order valence-electron chi connectivity index (χ3n) is 2.91. The molecular formula is C13H16N4O. The number of carbonyl (C=O) groups excluding carboxylic acids is 1. The van der Waals surface area contributed by atoms with Gasteiger partial charge in [-0.05, 0) is 13.0 Å². The first-order chi connectivity index (χ1) is 8.72. The minimum Gasteiger partial charge on any atom is -0.347 e. The topological polar surface area (TPSA) is 69.8 Å². The van der Waals surface area contributed by atoms with Crippen LogP contribution in [0.5, 0.6) is 0 Å². The number of nitrogens with one attached hydrogen (secondary N) is 3. The normalized spacial score (nSPS) is 21.9. The van der Waals surface area contributed by atoms with Gasteiger partial charge in [0.15, 0.2) is 5.78 Å². The predicted molar refractivity (Wildman–Crippen MR) is 69.3 cm³/mol. The van der Waals surface area contributed by atoms with E-state index in [2.05, 4.69) is 27.4 Å². The Morgan fingerprint density at radius 1 is 1.61 bits per heavy atom. The maximum Gasteiger partial charge on any atom is 0.183 e. The van der Waals surface area contributed by atoms with E-state index in [-0.39, 0.29) is 11.8 Å². The lowest BCUT2D eigenvalue weighted by Gasteiger charge is -2.03. The van der Waals surface area contributed by atoms with Crippen LogP contribution in [0.3, 0.4) is 0 Å². The second-order valence-corrected chi connectivity index (χ2v) is 4.10. The van der Waals surface area contributed by atoms with Crippen LogP contribution in [0.25, 0.3) is 0 Å². The highest BCUT2D eigenvalue weighted by atomic mass is 16.1. The highest BCUT2D eigenvalue weighted by Gasteiger charge is 2.23. The van der Waals surface area contributed by atoms with Crippen LogP contribution in [0.1, 0.15) is 25.1 Å². The van der Waals surface area contributed by atoms with Crippen molar-refractivity contribution in [3.05, 3.63) is 54.3 Å². The van der Waals surface area contributed by atoms with E-state index in [0.717, 1.165) is 17.8 Å². The molecule has 0 aromatic carbocycles. The molecule has 0 saturated carbocycles. The lowest BCUT2D eigenvalue weighted by molar-refractivity contribution is -0.111. The van der Waals surface area contributed by atoms with Crippen molar-refractivity contribution < 1.29 is 4.79 Å². The molecule has 1 aliphatic heterocycles. The first kappa shape index (κ1) is 12.3. The molecule has 3 N–H and O–H groups in total. The second kappa shape index (κ2) is 5.46. The van der Waals surface area contributed by atoms with Gasteiger partial charge in [-0.3, -0.25) is 4.79 Å². The van der Waals surface area contributed by atoms with E-state index in [9.17, 15) is 4.79 Å². The lowest BCUT2D eigenvalue weighted by Crippen LogP contribution is -2.25. The number of nitrogens with zero attached hydrogens (tertiary/aromatic N) is 1. The van der Waals surface area contributed by atoms with Crippen molar-refractivity contribution in [2.45, 2.75) is 19.4 Å². The quantitative estimate of drug-likeness (QED) is 0.555. The fourth-order valence-corrected chi connectivity index (χ4v) is 1.80. The van der Waals surface area contributed by atoms with Crippen LogP contribution in [0.2, 0.25) is 0 Å². The van der Waals surface area contributed by atoms with E-state index in [0.29, 0.717) is 5.57 Å². The van der Waals surface area contributed by atoms with Crippen molar-refractivity contribution >= 4 is 5.78 Å². The van der Waals surface area contributed by atoms with Gasteiger partial charge in [0.05, 0.1) is 18.1 Å². The summed E-state index contributed by atoms with van der Waals surface area (Å²) in [6.07, 6.45) is 8.90. The van der Waals surface area contributed by atoms with Crippen LogP contribution >= 0.6 is 0 Å². The Labute approximate surface area is 106 Å². The van der Waals surface area contributed by atoms with E-state index in [1.165, 1.54) is 6.08 Å². The zero-order chi connectivity index (χ0) is 13.0. The number of hydrazine groups is 1. The van der Waals surface area contributed by atoms with Crippen molar-refractivity contribution in [1.82, 2.24) is 20.8 Å². The molecule has 0 bridgehead atoms. The Morgan fingerprint density at radius 2 is 2.44 bits per heavy atom. The van der Waals surface area contributed by atoms with Gasteiger partial charge < -0.3 is 10.4 Å². The largest absolute Gasteiger partial charge is 0.347 e. The number of ketones is 1. The molecule has 1 atom stereocenters. The summed E-state index contributed by atoms with van der Waals surface area (Å²) in [4.78, 5) is 18.8. The van der Waals surface area contributed by atoms with E-state index >= 15 is 0 Å². The summed E-state index contributed by atoms with van der Waals surface area (Å²) in [5.74, 6) is -0.00976. The number of hydrogen-bond donors (Lipinski definition) is 3. The SMILES string of the molecule is C=C/C=C\C(=O)/C(C)=C1\CC(c2cnc[nH]2)NN1. The minimum atomic E-state index is -0.00976. The van der Waals surface area contributed by atoms with E-state index in [4.69, 9.17) is 0 Å². The van der Waals surface area contributed by atoms with Gasteiger partial charge in [-0.2, -0.15) is 0 Å². The van der Waals surface area contributed by atoms with Crippen LogP contribution < -0.4 is 10.9 Å². The Hall–Kier alpha value is -2.14. The van der Waals surface area contributed by atoms with Crippen molar-refractivity contribution in [2.24, 2.45) is 0 Å². The smallest absolute Gasteiger partial charge is 0.183 e. The fraction of sp³-hybridized carbons (Fsp3) is 0.231. The molecule has 1 unspecified atom stereocenters. The van der Waals surface area contributed by atoms with Crippen LogP contribution in [-0.2, 0) is 4.79 Å². The maximum absolute atomic E-state index is 11.8. The Kier molecular flexibility index (Phi) is 3.74. The van der Waals surface area contributed by atoms with Crippen LogP contribution in [0.4, 0.5) is 0 Å². The Balaban J connectivity index is 2.09. The van der Waals surface area contributed by atoms with Crippen molar-refractivity contribution in [2.75, 3.05) is 0 Å². The molecule has 5 heteroatoms. The molecule has 1 fully saturated rings. The molecule has 0 amide bonds. The molecule has 1 aromatic heterocycles.